The van der Waals surface area contributed by atoms with Gasteiger partial charge in [0.15, 0.2) is 11.6 Å². The van der Waals surface area contributed by atoms with Gasteiger partial charge in [0.1, 0.15) is 0 Å². The Morgan fingerprint density at radius 1 is 1.58 bits per heavy atom. The third-order valence-electron chi connectivity index (χ3n) is 3.54. The summed E-state index contributed by atoms with van der Waals surface area (Å²) in [5.74, 6) is 0.747. The van der Waals surface area contributed by atoms with E-state index in [1.807, 2.05) is 11.9 Å². The van der Waals surface area contributed by atoms with Crippen LogP contribution in [0.1, 0.15) is 18.4 Å². The van der Waals surface area contributed by atoms with Crippen LogP contribution >= 0.6 is 0 Å². The molecule has 0 bridgehead atoms. The molecule has 5 heteroatoms. The van der Waals surface area contributed by atoms with Crippen LogP contribution in [0.5, 0.6) is 0 Å². The summed E-state index contributed by atoms with van der Waals surface area (Å²) in [7, 11) is 3.53. The molecule has 19 heavy (non-hydrogen) atoms. The molecule has 1 N–H and O–H groups in total. The van der Waals surface area contributed by atoms with Crippen LogP contribution in [0.25, 0.3) is 0 Å². The van der Waals surface area contributed by atoms with E-state index in [4.69, 9.17) is 4.74 Å². The number of anilines is 1. The zero-order valence-corrected chi connectivity index (χ0v) is 11.7. The first kappa shape index (κ1) is 14.2. The highest BCUT2D eigenvalue weighted by atomic mass is 19.1. The second-order valence-electron chi connectivity index (χ2n) is 5.05. The van der Waals surface area contributed by atoms with E-state index in [0.717, 1.165) is 32.5 Å². The van der Waals surface area contributed by atoms with Gasteiger partial charge in [-0.1, -0.05) is 0 Å². The lowest BCUT2D eigenvalue weighted by atomic mass is 9.99. The van der Waals surface area contributed by atoms with Crippen molar-refractivity contribution in [3.05, 3.63) is 23.6 Å². The summed E-state index contributed by atoms with van der Waals surface area (Å²) in [4.78, 5) is 6.27. The van der Waals surface area contributed by atoms with E-state index in [0.29, 0.717) is 23.8 Å². The molecule has 1 saturated heterocycles. The molecule has 0 aromatic carbocycles. The first-order chi connectivity index (χ1) is 9.26. The fourth-order valence-corrected chi connectivity index (χ4v) is 2.65. The molecule has 2 rings (SSSR count). The largest absolute Gasteiger partial charge is 0.384 e. The van der Waals surface area contributed by atoms with Gasteiger partial charge in [0.2, 0.25) is 0 Å². The van der Waals surface area contributed by atoms with Crippen LogP contribution in [-0.2, 0) is 11.3 Å². The molecule has 2 heterocycles. The minimum Gasteiger partial charge on any atom is -0.384 e. The highest BCUT2D eigenvalue weighted by molar-refractivity contribution is 5.43. The highest BCUT2D eigenvalue weighted by Gasteiger charge is 2.23. The summed E-state index contributed by atoms with van der Waals surface area (Å²) in [6, 6.07) is 1.73. The number of aromatic nitrogens is 1. The number of pyridine rings is 1. The second kappa shape index (κ2) is 6.82. The minimum atomic E-state index is -0.199. The van der Waals surface area contributed by atoms with E-state index in [2.05, 4.69) is 10.3 Å². The zero-order chi connectivity index (χ0) is 13.7. The molecule has 1 unspecified atom stereocenters. The summed E-state index contributed by atoms with van der Waals surface area (Å²) in [5.41, 5.74) is 0.668. The molecular weight excluding hydrogens is 245 g/mol. The maximum absolute atomic E-state index is 14.4. The molecule has 1 atom stereocenters. The quantitative estimate of drug-likeness (QED) is 0.883. The summed E-state index contributed by atoms with van der Waals surface area (Å²) in [6.07, 6.45) is 3.89. The van der Waals surface area contributed by atoms with Crippen molar-refractivity contribution in [1.29, 1.82) is 0 Å². The van der Waals surface area contributed by atoms with Crippen LogP contribution < -0.4 is 10.2 Å². The van der Waals surface area contributed by atoms with Crippen molar-refractivity contribution in [2.45, 2.75) is 19.4 Å². The molecule has 1 aromatic heterocycles. The molecule has 1 fully saturated rings. The number of hydrogen-bond donors (Lipinski definition) is 1. The van der Waals surface area contributed by atoms with Crippen molar-refractivity contribution < 1.29 is 9.13 Å². The van der Waals surface area contributed by atoms with Gasteiger partial charge in [-0.2, -0.15) is 0 Å². The molecule has 1 aromatic rings. The van der Waals surface area contributed by atoms with Gasteiger partial charge in [0, 0.05) is 38.5 Å². The summed E-state index contributed by atoms with van der Waals surface area (Å²) in [5, 5.41) is 2.98. The maximum Gasteiger partial charge on any atom is 0.170 e. The Morgan fingerprint density at radius 2 is 2.42 bits per heavy atom. The van der Waals surface area contributed by atoms with Gasteiger partial charge in [0.05, 0.1) is 6.61 Å². The van der Waals surface area contributed by atoms with Crippen molar-refractivity contribution in [3.63, 3.8) is 0 Å². The van der Waals surface area contributed by atoms with Gasteiger partial charge < -0.3 is 15.0 Å². The van der Waals surface area contributed by atoms with Gasteiger partial charge in [-0.3, -0.25) is 0 Å². The van der Waals surface area contributed by atoms with Crippen LogP contribution in [0.4, 0.5) is 10.2 Å². The minimum absolute atomic E-state index is 0.199. The Hall–Kier alpha value is -1.20. The van der Waals surface area contributed by atoms with Crippen LogP contribution in [0.3, 0.4) is 0 Å². The number of methoxy groups -OCH3 is 1. The number of piperidine rings is 1. The Morgan fingerprint density at radius 3 is 3.16 bits per heavy atom. The maximum atomic E-state index is 14.4. The predicted molar refractivity (Wildman–Crippen MR) is 73.8 cm³/mol. The van der Waals surface area contributed by atoms with Crippen LogP contribution in [0, 0.1) is 11.7 Å². The smallest absolute Gasteiger partial charge is 0.170 e. The number of halogens is 1. The van der Waals surface area contributed by atoms with Gasteiger partial charge in [-0.25, -0.2) is 9.37 Å². The second-order valence-corrected chi connectivity index (χ2v) is 5.05. The van der Waals surface area contributed by atoms with Gasteiger partial charge in [-0.05, 0) is 31.9 Å². The third kappa shape index (κ3) is 3.42. The normalized spacial score (nSPS) is 19.7. The van der Waals surface area contributed by atoms with Crippen molar-refractivity contribution >= 4 is 5.82 Å². The fraction of sp³-hybridized carbons (Fsp3) is 0.643. The molecule has 0 spiro atoms. The van der Waals surface area contributed by atoms with E-state index in [1.165, 1.54) is 0 Å². The van der Waals surface area contributed by atoms with Gasteiger partial charge in [-0.15, -0.1) is 0 Å². The van der Waals surface area contributed by atoms with Gasteiger partial charge in [0.25, 0.3) is 0 Å². The molecular formula is C14H22FN3O. The lowest BCUT2D eigenvalue weighted by Crippen LogP contribution is -2.38. The SMILES string of the molecule is CNCc1ccnc(N2CCCC(COC)C2)c1F. The molecule has 0 radical (unpaired) electrons. The van der Waals surface area contributed by atoms with E-state index in [9.17, 15) is 4.39 Å². The van der Waals surface area contributed by atoms with Crippen molar-refractivity contribution in [2.24, 2.45) is 5.92 Å². The number of nitrogens with zero attached hydrogens (tertiary/aromatic N) is 2. The average molecular weight is 267 g/mol. The Balaban J connectivity index is 2.14. The average Bonchev–Trinajstić information content (AvgIpc) is 2.42. The highest BCUT2D eigenvalue weighted by Crippen LogP contribution is 2.25. The molecule has 4 nitrogen and oxygen atoms in total. The number of ether oxygens (including phenoxy) is 1. The fourth-order valence-electron chi connectivity index (χ4n) is 2.65. The Kier molecular flexibility index (Phi) is 5.10. The number of nitrogens with one attached hydrogen (secondary N) is 1. The first-order valence-corrected chi connectivity index (χ1v) is 6.78. The molecule has 0 aliphatic carbocycles. The van der Waals surface area contributed by atoms with E-state index >= 15 is 0 Å². The van der Waals surface area contributed by atoms with Crippen molar-refractivity contribution in [3.8, 4) is 0 Å². The third-order valence-corrected chi connectivity index (χ3v) is 3.54. The Bertz CT molecular complexity index is 412. The summed E-state index contributed by atoms with van der Waals surface area (Å²) < 4.78 is 19.6. The standard InChI is InChI=1S/C14H22FN3O/c1-16-8-12-5-6-17-14(13(12)15)18-7-3-4-11(9-18)10-19-2/h5-6,11,16H,3-4,7-10H2,1-2H3. The monoisotopic (exact) mass is 267 g/mol. The predicted octanol–water partition coefficient (Wildman–Crippen LogP) is 1.80. The molecule has 1 aliphatic rings. The molecule has 1 aliphatic heterocycles. The number of rotatable bonds is 5. The summed E-state index contributed by atoms with van der Waals surface area (Å²) >= 11 is 0. The molecule has 106 valence electrons. The first-order valence-electron chi connectivity index (χ1n) is 6.78. The van der Waals surface area contributed by atoms with Crippen molar-refractivity contribution in [2.75, 3.05) is 38.8 Å². The van der Waals surface area contributed by atoms with E-state index < -0.39 is 0 Å². The van der Waals surface area contributed by atoms with Gasteiger partial charge >= 0.3 is 0 Å². The molecule has 0 amide bonds. The number of hydrogen-bond acceptors (Lipinski definition) is 4. The zero-order valence-electron chi connectivity index (χ0n) is 11.7. The Labute approximate surface area is 114 Å². The van der Waals surface area contributed by atoms with E-state index in [-0.39, 0.29) is 5.82 Å². The van der Waals surface area contributed by atoms with Crippen LogP contribution in [-0.4, -0.2) is 38.8 Å². The van der Waals surface area contributed by atoms with E-state index in [1.54, 1.807) is 19.4 Å². The summed E-state index contributed by atoms with van der Waals surface area (Å²) in [6.45, 7) is 2.94. The topological polar surface area (TPSA) is 37.4 Å². The molecule has 0 saturated carbocycles. The van der Waals surface area contributed by atoms with Crippen LogP contribution in [0.15, 0.2) is 12.3 Å². The van der Waals surface area contributed by atoms with Crippen molar-refractivity contribution in [1.82, 2.24) is 10.3 Å². The lowest BCUT2D eigenvalue weighted by molar-refractivity contribution is 0.143. The lowest BCUT2D eigenvalue weighted by Gasteiger charge is -2.33. The van der Waals surface area contributed by atoms with Crippen LogP contribution in [0.2, 0.25) is 0 Å².